The Labute approximate surface area is 471 Å². The summed E-state index contributed by atoms with van der Waals surface area (Å²) < 4.78 is 0. The van der Waals surface area contributed by atoms with Crippen LogP contribution in [0.4, 0.5) is 0 Å². The molecule has 1 rings (SSSR count). The maximum Gasteiger partial charge on any atom is 0.246 e. The van der Waals surface area contributed by atoms with Gasteiger partial charge in [0.1, 0.15) is 46.8 Å². The second-order valence-electron chi connectivity index (χ2n) is 25.4. The van der Waals surface area contributed by atoms with Crippen LogP contribution in [0.25, 0.3) is 0 Å². The Bertz CT molecular complexity index is 2120. The molecule has 1 aliphatic heterocycles. The minimum atomic E-state index is -1.76. The van der Waals surface area contributed by atoms with Crippen LogP contribution in [0.5, 0.6) is 0 Å². The molecule has 0 radical (unpaired) electrons. The molecule has 1 heterocycles. The first-order valence-electron chi connectivity index (χ1n) is 28.3. The summed E-state index contributed by atoms with van der Waals surface area (Å²) in [6.45, 7) is 31.8. The van der Waals surface area contributed by atoms with E-state index in [9.17, 15) is 53.1 Å². The van der Waals surface area contributed by atoms with Gasteiger partial charge in [0.25, 0.3) is 0 Å². The first kappa shape index (κ1) is 71.4. The summed E-state index contributed by atoms with van der Waals surface area (Å²) in [6, 6.07) is -6.11. The SMILES string of the molecule is CC[C@@H](C)/C=C/C(=O)N1CC(C)CC1C(=O)NC(CC(C)C)C(=O)NC(C(=O)NC(C)(C)C(=O)NC(CC(C)C)C(=O)NC(CC(C)C)C(=O)NC(C)(C)C(=O)NC(C)(C)C(=O)NCCC(=O)NC(C)CN(C)C)C(O)C(C)C. The molecule has 9 atom stereocenters. The summed E-state index contributed by atoms with van der Waals surface area (Å²) in [5, 5.41) is 35.9. The molecule has 10 N–H and O–H groups in total. The van der Waals surface area contributed by atoms with Crippen molar-refractivity contribution in [3.63, 3.8) is 0 Å². The molecular weight excluding hydrogens is 1010 g/mol. The predicted molar refractivity (Wildman–Crippen MR) is 305 cm³/mol. The van der Waals surface area contributed by atoms with Gasteiger partial charge in [0.15, 0.2) is 0 Å². The van der Waals surface area contributed by atoms with Gasteiger partial charge in [-0.15, -0.1) is 0 Å². The van der Waals surface area contributed by atoms with E-state index >= 15 is 0 Å². The van der Waals surface area contributed by atoms with Gasteiger partial charge in [-0.05, 0) is 130 Å². The van der Waals surface area contributed by atoms with Crippen LogP contribution in [0.2, 0.25) is 0 Å². The van der Waals surface area contributed by atoms with Gasteiger partial charge in [-0.1, -0.05) is 88.7 Å². The first-order chi connectivity index (χ1) is 36.2. The van der Waals surface area contributed by atoms with Crippen LogP contribution in [0.3, 0.4) is 0 Å². The fraction of sp³-hybridized carbons (Fsp3) is 0.789. The van der Waals surface area contributed by atoms with E-state index in [1.165, 1.54) is 52.5 Å². The number of likely N-dealkylation sites (N-methyl/N-ethyl adjacent to an activating group) is 1. The van der Waals surface area contributed by atoms with Crippen molar-refractivity contribution in [2.45, 2.75) is 222 Å². The lowest BCUT2D eigenvalue weighted by atomic mass is 9.95. The van der Waals surface area contributed by atoms with Gasteiger partial charge < -0.3 is 62.8 Å². The quantitative estimate of drug-likeness (QED) is 0.0434. The Morgan fingerprint density at radius 3 is 1.61 bits per heavy atom. The number of allylic oxidation sites excluding steroid dienone is 1. The zero-order valence-electron chi connectivity index (χ0n) is 51.4. The molecule has 22 nitrogen and oxygen atoms in total. The van der Waals surface area contributed by atoms with Crippen LogP contribution in [0, 0.1) is 35.5 Å². The third-order valence-corrected chi connectivity index (χ3v) is 13.6. The number of aliphatic hydroxyl groups is 1. The number of nitrogens with one attached hydrogen (secondary N) is 9. The number of nitrogens with zero attached hydrogens (tertiary/aromatic N) is 2. The van der Waals surface area contributed by atoms with Gasteiger partial charge in [0.05, 0.1) is 6.10 Å². The van der Waals surface area contributed by atoms with Crippen molar-refractivity contribution in [2.75, 3.05) is 33.7 Å². The molecule has 1 saturated heterocycles. The molecule has 0 spiro atoms. The smallest absolute Gasteiger partial charge is 0.246 e. The highest BCUT2D eigenvalue weighted by Crippen LogP contribution is 2.25. The Morgan fingerprint density at radius 1 is 0.620 bits per heavy atom. The van der Waals surface area contributed by atoms with Crippen molar-refractivity contribution in [1.82, 2.24) is 57.7 Å². The zero-order chi connectivity index (χ0) is 61.1. The van der Waals surface area contributed by atoms with Gasteiger partial charge in [0.2, 0.25) is 59.1 Å². The molecule has 0 aromatic carbocycles. The number of amides is 10. The number of hydrogen-bond acceptors (Lipinski definition) is 12. The summed E-state index contributed by atoms with van der Waals surface area (Å²) in [7, 11) is 3.78. The predicted octanol–water partition coefficient (Wildman–Crippen LogP) is 2.18. The Hall–Kier alpha value is -5.64. The standard InChI is InChI=1S/C57H103N11O11/c1-21-36(10)22-23-44(70)68-30-37(11)29-42(68)50(75)61-39(26-32(2)3)48(73)63-45(46(71)35(8)9)51(76)65-56(15,16)53(78)62-40(27-33(4)5)47(72)60-41(28-34(6)7)49(74)64-57(17,18)54(79)66-55(13,14)52(77)58-25-24-43(69)59-38(12)31-67(19)20/h22-23,32-42,45-46,71H,21,24-31H2,1-20H3,(H,58,77)(H,59,69)(H,60,72)(H,61,75)(H,62,78)(H,63,73)(H,64,74)(H,65,76)(H,66,79)/b23-22+/t36-,37?,38?,39?,40?,41?,42?,45?,46?/m1/s1. The van der Waals surface area contributed by atoms with E-state index in [1.807, 2.05) is 94.3 Å². The van der Waals surface area contributed by atoms with Gasteiger partial charge in [-0.3, -0.25) is 47.9 Å². The monoisotopic (exact) mass is 1120 g/mol. The van der Waals surface area contributed by atoms with Crippen LogP contribution < -0.4 is 47.9 Å². The maximum absolute atomic E-state index is 14.2. The molecule has 1 aliphatic rings. The fourth-order valence-corrected chi connectivity index (χ4v) is 8.79. The lowest BCUT2D eigenvalue weighted by Gasteiger charge is -2.34. The van der Waals surface area contributed by atoms with Crippen LogP contribution >= 0.6 is 0 Å². The van der Waals surface area contributed by atoms with Gasteiger partial charge >= 0.3 is 0 Å². The van der Waals surface area contributed by atoms with E-state index in [-0.39, 0.29) is 79.7 Å². The Morgan fingerprint density at radius 2 is 1.10 bits per heavy atom. The highest BCUT2D eigenvalue weighted by atomic mass is 16.3. The number of aliphatic hydroxyl groups excluding tert-OH is 1. The van der Waals surface area contributed by atoms with Gasteiger partial charge in [0, 0.05) is 32.1 Å². The van der Waals surface area contributed by atoms with Crippen LogP contribution in [0.1, 0.15) is 163 Å². The summed E-state index contributed by atoms with van der Waals surface area (Å²) in [5.74, 6) is -7.00. The van der Waals surface area contributed by atoms with Crippen molar-refractivity contribution in [1.29, 1.82) is 0 Å². The average Bonchev–Trinajstić information content (AvgIpc) is 3.71. The average molecular weight is 1120 g/mol. The Balaban J connectivity index is 3.28. The molecule has 22 heteroatoms. The summed E-state index contributed by atoms with van der Waals surface area (Å²) in [6.07, 6.45) is 3.49. The topological polar surface area (TPSA) is 306 Å². The summed E-state index contributed by atoms with van der Waals surface area (Å²) in [4.78, 5) is 141. The Kier molecular flexibility index (Phi) is 28.9. The molecular formula is C57H103N11O11. The molecule has 452 valence electrons. The van der Waals surface area contributed by atoms with E-state index in [4.69, 9.17) is 0 Å². The number of rotatable bonds is 32. The largest absolute Gasteiger partial charge is 0.390 e. The van der Waals surface area contributed by atoms with E-state index in [2.05, 4.69) is 47.9 Å². The van der Waals surface area contributed by atoms with Crippen molar-refractivity contribution in [2.24, 2.45) is 35.5 Å². The first-order valence-corrected chi connectivity index (χ1v) is 28.3. The van der Waals surface area contributed by atoms with E-state index in [0.29, 0.717) is 19.5 Å². The van der Waals surface area contributed by atoms with Crippen molar-refractivity contribution >= 4 is 59.1 Å². The second-order valence-corrected chi connectivity index (χ2v) is 25.4. The lowest BCUT2D eigenvalue weighted by Crippen LogP contribution is -2.66. The highest BCUT2D eigenvalue weighted by molar-refractivity contribution is 6.00. The van der Waals surface area contributed by atoms with Gasteiger partial charge in [-0.25, -0.2) is 0 Å². The molecule has 1 fully saturated rings. The second kappa shape index (κ2) is 32.0. The molecule has 10 amide bonds. The highest BCUT2D eigenvalue weighted by Gasteiger charge is 2.43. The van der Waals surface area contributed by atoms with Crippen LogP contribution in [-0.2, 0) is 47.9 Å². The third kappa shape index (κ3) is 24.7. The normalized spacial score (nSPS) is 17.8. The third-order valence-electron chi connectivity index (χ3n) is 13.6. The summed E-state index contributed by atoms with van der Waals surface area (Å²) in [5.41, 5.74) is -4.82. The molecule has 79 heavy (non-hydrogen) atoms. The summed E-state index contributed by atoms with van der Waals surface area (Å²) >= 11 is 0. The minimum Gasteiger partial charge on any atom is -0.390 e. The van der Waals surface area contributed by atoms with Crippen LogP contribution in [0.15, 0.2) is 12.2 Å². The molecule has 0 aromatic rings. The van der Waals surface area contributed by atoms with E-state index in [0.717, 1.165) is 6.42 Å². The number of carbonyl (C=O) groups excluding carboxylic acids is 10. The van der Waals surface area contributed by atoms with Crippen LogP contribution in [-0.4, -0.2) is 167 Å². The molecule has 0 aliphatic carbocycles. The zero-order valence-corrected chi connectivity index (χ0v) is 51.4. The number of carbonyl (C=O) groups is 10. The fourth-order valence-electron chi connectivity index (χ4n) is 8.79. The molecule has 8 unspecified atom stereocenters. The lowest BCUT2D eigenvalue weighted by molar-refractivity contribution is -0.140. The number of hydrogen-bond donors (Lipinski definition) is 10. The molecule has 0 saturated carbocycles. The van der Waals surface area contributed by atoms with E-state index < -0.39 is 106 Å². The van der Waals surface area contributed by atoms with Crippen molar-refractivity contribution < 1.29 is 53.1 Å². The van der Waals surface area contributed by atoms with Gasteiger partial charge in [-0.2, -0.15) is 0 Å². The maximum atomic E-state index is 14.2. The minimum absolute atomic E-state index is 0.0200. The van der Waals surface area contributed by atoms with Crippen molar-refractivity contribution in [3.05, 3.63) is 12.2 Å². The van der Waals surface area contributed by atoms with E-state index in [1.54, 1.807) is 13.8 Å². The molecule has 0 aromatic heterocycles. The number of likely N-dealkylation sites (tertiary alicyclic amines) is 1. The van der Waals surface area contributed by atoms with Crippen molar-refractivity contribution in [3.8, 4) is 0 Å². The molecule has 0 bridgehead atoms.